The largest absolute Gasteiger partial charge is 0.267 e. The van der Waals surface area contributed by atoms with Crippen molar-refractivity contribution in [1.29, 1.82) is 5.26 Å². The SMILES string of the molecule is CCN(c1ccccc1)S(=O)(=O)c1cc(C#N)ccc1C. The van der Waals surface area contributed by atoms with Gasteiger partial charge in [0.05, 0.1) is 22.2 Å². The van der Waals surface area contributed by atoms with Crippen LogP contribution < -0.4 is 4.31 Å². The number of hydrogen-bond donors (Lipinski definition) is 0. The van der Waals surface area contributed by atoms with Crippen LogP contribution in [0, 0.1) is 18.3 Å². The molecule has 0 bridgehead atoms. The molecule has 0 spiro atoms. The van der Waals surface area contributed by atoms with E-state index in [-0.39, 0.29) is 4.90 Å². The summed E-state index contributed by atoms with van der Waals surface area (Å²) in [6.45, 7) is 3.84. The molecule has 108 valence electrons. The summed E-state index contributed by atoms with van der Waals surface area (Å²) >= 11 is 0. The van der Waals surface area contributed by atoms with E-state index >= 15 is 0 Å². The van der Waals surface area contributed by atoms with E-state index in [4.69, 9.17) is 5.26 Å². The Bertz CT molecular complexity index is 778. The van der Waals surface area contributed by atoms with Crippen molar-refractivity contribution in [3.05, 3.63) is 59.7 Å². The lowest BCUT2D eigenvalue weighted by atomic mass is 10.2. The molecule has 2 aromatic rings. The Morgan fingerprint density at radius 1 is 1.14 bits per heavy atom. The van der Waals surface area contributed by atoms with Crippen LogP contribution in [0.25, 0.3) is 0 Å². The summed E-state index contributed by atoms with van der Waals surface area (Å²) < 4.78 is 27.1. The Morgan fingerprint density at radius 2 is 1.81 bits per heavy atom. The highest BCUT2D eigenvalue weighted by Crippen LogP contribution is 2.26. The molecule has 5 heteroatoms. The fraction of sp³-hybridized carbons (Fsp3) is 0.188. The molecule has 2 rings (SSSR count). The van der Waals surface area contributed by atoms with Gasteiger partial charge in [-0.15, -0.1) is 0 Å². The average Bonchev–Trinajstić information content (AvgIpc) is 2.49. The smallest absolute Gasteiger partial charge is 0.264 e. The Labute approximate surface area is 125 Å². The molecule has 4 nitrogen and oxygen atoms in total. The van der Waals surface area contributed by atoms with Crippen LogP contribution in [-0.4, -0.2) is 15.0 Å². The Kier molecular flexibility index (Phi) is 4.29. The third-order valence-corrected chi connectivity index (χ3v) is 5.26. The lowest BCUT2D eigenvalue weighted by molar-refractivity contribution is 0.591. The van der Waals surface area contributed by atoms with Crippen LogP contribution in [0.5, 0.6) is 0 Å². The minimum absolute atomic E-state index is 0.173. The van der Waals surface area contributed by atoms with Crippen molar-refractivity contribution in [2.45, 2.75) is 18.7 Å². The van der Waals surface area contributed by atoms with E-state index in [0.29, 0.717) is 23.4 Å². The number of sulfonamides is 1. The topological polar surface area (TPSA) is 61.2 Å². The van der Waals surface area contributed by atoms with Gasteiger partial charge >= 0.3 is 0 Å². The fourth-order valence-corrected chi connectivity index (χ4v) is 3.88. The zero-order valence-electron chi connectivity index (χ0n) is 11.9. The standard InChI is InChI=1S/C16H16N2O2S/c1-3-18(15-7-5-4-6-8-15)21(19,20)16-11-14(12-17)10-9-13(16)2/h4-11H,3H2,1-2H3. The van der Waals surface area contributed by atoms with Crippen molar-refractivity contribution in [2.75, 3.05) is 10.8 Å². The molecule has 21 heavy (non-hydrogen) atoms. The van der Waals surface area contributed by atoms with Crippen molar-refractivity contribution in [2.24, 2.45) is 0 Å². The average molecular weight is 300 g/mol. The van der Waals surface area contributed by atoms with Crippen LogP contribution in [-0.2, 0) is 10.0 Å². The van der Waals surface area contributed by atoms with Gasteiger partial charge in [0.25, 0.3) is 10.0 Å². The first-order valence-electron chi connectivity index (χ1n) is 6.59. The molecule has 0 radical (unpaired) electrons. The third-order valence-electron chi connectivity index (χ3n) is 3.22. The van der Waals surface area contributed by atoms with Crippen LogP contribution in [0.1, 0.15) is 18.1 Å². The highest BCUT2D eigenvalue weighted by molar-refractivity contribution is 7.92. The molecule has 2 aromatic carbocycles. The summed E-state index contributed by atoms with van der Waals surface area (Å²) in [6, 6.07) is 15.6. The third kappa shape index (κ3) is 2.91. The van der Waals surface area contributed by atoms with Crippen LogP contribution in [0.4, 0.5) is 5.69 Å². The van der Waals surface area contributed by atoms with E-state index < -0.39 is 10.0 Å². The molecule has 0 heterocycles. The Hall–Kier alpha value is -2.32. The normalized spacial score (nSPS) is 10.9. The number of rotatable bonds is 4. The summed E-state index contributed by atoms with van der Waals surface area (Å²) in [7, 11) is -3.69. The van der Waals surface area contributed by atoms with Crippen molar-refractivity contribution < 1.29 is 8.42 Å². The molecule has 0 aliphatic carbocycles. The molecule has 0 N–H and O–H groups in total. The van der Waals surface area contributed by atoms with Crippen LogP contribution >= 0.6 is 0 Å². The highest BCUT2D eigenvalue weighted by atomic mass is 32.2. The summed E-state index contributed by atoms with van der Waals surface area (Å²) in [6.07, 6.45) is 0. The number of nitrogens with zero attached hydrogens (tertiary/aromatic N) is 2. The number of para-hydroxylation sites is 1. The summed E-state index contributed by atoms with van der Waals surface area (Å²) in [4.78, 5) is 0.173. The quantitative estimate of drug-likeness (QED) is 0.871. The van der Waals surface area contributed by atoms with Gasteiger partial charge in [-0.05, 0) is 43.7 Å². The molecular weight excluding hydrogens is 284 g/mol. The lowest BCUT2D eigenvalue weighted by Crippen LogP contribution is -2.31. The van der Waals surface area contributed by atoms with Gasteiger partial charge in [0.1, 0.15) is 0 Å². The predicted octanol–water partition coefficient (Wildman–Crippen LogP) is 3.08. The van der Waals surface area contributed by atoms with Gasteiger partial charge in [-0.25, -0.2) is 8.42 Å². The molecule has 0 atom stereocenters. The van der Waals surface area contributed by atoms with E-state index in [0.717, 1.165) is 0 Å². The number of nitriles is 1. The van der Waals surface area contributed by atoms with Crippen LogP contribution in [0.15, 0.2) is 53.4 Å². The summed E-state index contributed by atoms with van der Waals surface area (Å²) in [5.41, 5.74) is 1.58. The van der Waals surface area contributed by atoms with Crippen LogP contribution in [0.3, 0.4) is 0 Å². The van der Waals surface area contributed by atoms with Gasteiger partial charge in [-0.3, -0.25) is 4.31 Å². The molecule has 0 saturated heterocycles. The highest BCUT2D eigenvalue weighted by Gasteiger charge is 2.25. The molecule has 0 aliphatic rings. The van der Waals surface area contributed by atoms with Crippen molar-refractivity contribution >= 4 is 15.7 Å². The zero-order valence-corrected chi connectivity index (χ0v) is 12.8. The molecule has 0 saturated carbocycles. The second-order valence-corrected chi connectivity index (χ2v) is 6.43. The van der Waals surface area contributed by atoms with Gasteiger partial charge in [0.15, 0.2) is 0 Å². The zero-order chi connectivity index (χ0) is 15.5. The van der Waals surface area contributed by atoms with Gasteiger partial charge < -0.3 is 0 Å². The van der Waals surface area contributed by atoms with E-state index in [1.807, 2.05) is 12.1 Å². The van der Waals surface area contributed by atoms with Crippen molar-refractivity contribution in [3.63, 3.8) is 0 Å². The minimum Gasteiger partial charge on any atom is -0.267 e. The summed E-state index contributed by atoms with van der Waals surface area (Å²) in [5, 5.41) is 8.97. The van der Waals surface area contributed by atoms with Gasteiger partial charge in [0, 0.05) is 6.54 Å². The Morgan fingerprint density at radius 3 is 2.38 bits per heavy atom. The second-order valence-electron chi connectivity index (χ2n) is 4.60. The summed E-state index contributed by atoms with van der Waals surface area (Å²) in [5.74, 6) is 0. The van der Waals surface area contributed by atoms with Gasteiger partial charge in [-0.1, -0.05) is 24.3 Å². The molecule has 0 aliphatic heterocycles. The number of aryl methyl sites for hydroxylation is 1. The molecule has 0 aromatic heterocycles. The molecule has 0 unspecified atom stereocenters. The maximum absolute atomic E-state index is 12.9. The maximum Gasteiger partial charge on any atom is 0.264 e. The first-order valence-corrected chi connectivity index (χ1v) is 8.03. The predicted molar refractivity (Wildman–Crippen MR) is 82.5 cm³/mol. The first-order chi connectivity index (χ1) is 10.0. The van der Waals surface area contributed by atoms with Crippen molar-refractivity contribution in [3.8, 4) is 6.07 Å². The van der Waals surface area contributed by atoms with Crippen molar-refractivity contribution in [1.82, 2.24) is 0 Å². The first kappa shape index (κ1) is 15.1. The van der Waals surface area contributed by atoms with Crippen LogP contribution in [0.2, 0.25) is 0 Å². The number of benzene rings is 2. The second kappa shape index (κ2) is 5.98. The van der Waals surface area contributed by atoms with E-state index in [1.165, 1.54) is 10.4 Å². The lowest BCUT2D eigenvalue weighted by Gasteiger charge is -2.23. The van der Waals surface area contributed by atoms with E-state index in [2.05, 4.69) is 0 Å². The van der Waals surface area contributed by atoms with E-state index in [1.54, 1.807) is 50.2 Å². The van der Waals surface area contributed by atoms with Gasteiger partial charge in [0.2, 0.25) is 0 Å². The fourth-order valence-electron chi connectivity index (χ4n) is 2.15. The molecule has 0 fully saturated rings. The monoisotopic (exact) mass is 300 g/mol. The minimum atomic E-state index is -3.69. The number of hydrogen-bond acceptors (Lipinski definition) is 3. The number of anilines is 1. The van der Waals surface area contributed by atoms with Gasteiger partial charge in [-0.2, -0.15) is 5.26 Å². The molecular formula is C16H16N2O2S. The maximum atomic E-state index is 12.9. The van der Waals surface area contributed by atoms with E-state index in [9.17, 15) is 8.42 Å². The molecule has 0 amide bonds. The Balaban J connectivity index is 2.58.